The zero-order valence-corrected chi connectivity index (χ0v) is 8.87. The van der Waals surface area contributed by atoms with E-state index in [1.54, 1.807) is 11.3 Å². The normalized spacial score (nSPS) is 10.3. The zero-order valence-electron chi connectivity index (χ0n) is 8.05. The summed E-state index contributed by atoms with van der Waals surface area (Å²) in [6.07, 6.45) is 4.08. The van der Waals surface area contributed by atoms with Crippen molar-refractivity contribution in [2.75, 3.05) is 0 Å². The Morgan fingerprint density at radius 3 is 2.80 bits per heavy atom. The third-order valence-corrected chi connectivity index (χ3v) is 2.84. The summed E-state index contributed by atoms with van der Waals surface area (Å²) >= 11 is 1.70. The molecule has 15 heavy (non-hydrogen) atoms. The largest absolute Gasteiger partial charge is 0.192 e. The van der Waals surface area contributed by atoms with Crippen LogP contribution in [0.25, 0.3) is 12.2 Å². The van der Waals surface area contributed by atoms with Gasteiger partial charge in [0.05, 0.1) is 11.6 Å². The minimum Gasteiger partial charge on any atom is -0.192 e. The highest BCUT2D eigenvalue weighted by molar-refractivity contribution is 7.10. The predicted molar refractivity (Wildman–Crippen MR) is 64.4 cm³/mol. The monoisotopic (exact) mass is 211 g/mol. The molecule has 0 aliphatic rings. The van der Waals surface area contributed by atoms with Crippen LogP contribution in [0, 0.1) is 11.3 Å². The minimum absolute atomic E-state index is 0.698. The van der Waals surface area contributed by atoms with E-state index in [1.165, 1.54) is 4.88 Å². The number of nitrogens with zero attached hydrogens (tertiary/aromatic N) is 1. The Labute approximate surface area is 92.9 Å². The number of nitriles is 1. The predicted octanol–water partition coefficient (Wildman–Crippen LogP) is 3.79. The average molecular weight is 211 g/mol. The molecule has 1 nitrogen and oxygen atoms in total. The lowest BCUT2D eigenvalue weighted by Crippen LogP contribution is -1.75. The highest BCUT2D eigenvalue weighted by Crippen LogP contribution is 2.13. The van der Waals surface area contributed by atoms with Gasteiger partial charge in [0.2, 0.25) is 0 Å². The second-order valence-electron chi connectivity index (χ2n) is 3.09. The van der Waals surface area contributed by atoms with Gasteiger partial charge in [0, 0.05) is 4.88 Å². The molecule has 0 aliphatic carbocycles. The molecule has 0 fully saturated rings. The highest BCUT2D eigenvalue weighted by Gasteiger charge is 1.91. The van der Waals surface area contributed by atoms with Crippen LogP contribution >= 0.6 is 11.3 Å². The molecule has 0 atom stereocenters. The molecule has 2 heteroatoms. The van der Waals surface area contributed by atoms with E-state index in [0.29, 0.717) is 5.56 Å². The SMILES string of the molecule is N#Cc1cccc(C=Cc2cccs2)c1. The fourth-order valence-electron chi connectivity index (χ4n) is 1.28. The molecular formula is C13H9NS. The molecule has 0 saturated heterocycles. The molecule has 1 aromatic heterocycles. The van der Waals surface area contributed by atoms with Crippen LogP contribution in [0.1, 0.15) is 16.0 Å². The van der Waals surface area contributed by atoms with Crippen LogP contribution in [0.3, 0.4) is 0 Å². The second kappa shape index (κ2) is 4.59. The van der Waals surface area contributed by atoms with Crippen LogP contribution in [0.15, 0.2) is 41.8 Å². The van der Waals surface area contributed by atoms with E-state index in [2.05, 4.69) is 18.2 Å². The fourth-order valence-corrected chi connectivity index (χ4v) is 1.89. The van der Waals surface area contributed by atoms with Crippen LogP contribution < -0.4 is 0 Å². The van der Waals surface area contributed by atoms with Crippen LogP contribution in [0.2, 0.25) is 0 Å². The molecule has 0 N–H and O–H groups in total. The van der Waals surface area contributed by atoms with E-state index in [1.807, 2.05) is 41.8 Å². The molecule has 1 aromatic carbocycles. The molecule has 0 aliphatic heterocycles. The summed E-state index contributed by atoms with van der Waals surface area (Å²) in [6.45, 7) is 0. The molecular weight excluding hydrogens is 202 g/mol. The first kappa shape index (κ1) is 9.70. The lowest BCUT2D eigenvalue weighted by atomic mass is 10.1. The number of hydrogen-bond donors (Lipinski definition) is 0. The van der Waals surface area contributed by atoms with Crippen molar-refractivity contribution in [3.8, 4) is 6.07 Å². The van der Waals surface area contributed by atoms with Crippen LogP contribution in [-0.2, 0) is 0 Å². The van der Waals surface area contributed by atoms with Gasteiger partial charge in [0.15, 0.2) is 0 Å². The van der Waals surface area contributed by atoms with Crippen molar-refractivity contribution >= 4 is 23.5 Å². The van der Waals surface area contributed by atoms with Crippen molar-refractivity contribution in [1.82, 2.24) is 0 Å². The average Bonchev–Trinajstić information content (AvgIpc) is 2.79. The molecule has 2 rings (SSSR count). The zero-order chi connectivity index (χ0) is 10.5. The fraction of sp³-hybridized carbons (Fsp3) is 0. The van der Waals surface area contributed by atoms with E-state index in [-0.39, 0.29) is 0 Å². The summed E-state index contributed by atoms with van der Waals surface area (Å²) in [7, 11) is 0. The Morgan fingerprint density at radius 1 is 1.13 bits per heavy atom. The van der Waals surface area contributed by atoms with Gasteiger partial charge < -0.3 is 0 Å². The van der Waals surface area contributed by atoms with E-state index in [9.17, 15) is 0 Å². The Hall–Kier alpha value is -1.85. The summed E-state index contributed by atoms with van der Waals surface area (Å²) in [4.78, 5) is 1.22. The maximum atomic E-state index is 8.74. The number of rotatable bonds is 2. The number of hydrogen-bond acceptors (Lipinski definition) is 2. The number of thiophene rings is 1. The molecule has 0 bridgehead atoms. The van der Waals surface area contributed by atoms with Crippen molar-refractivity contribution in [2.45, 2.75) is 0 Å². The van der Waals surface area contributed by atoms with E-state index < -0.39 is 0 Å². The minimum atomic E-state index is 0.698. The van der Waals surface area contributed by atoms with Gasteiger partial charge >= 0.3 is 0 Å². The highest BCUT2D eigenvalue weighted by atomic mass is 32.1. The first-order chi connectivity index (χ1) is 7.38. The first-order valence-corrected chi connectivity index (χ1v) is 5.48. The van der Waals surface area contributed by atoms with E-state index in [4.69, 9.17) is 5.26 Å². The van der Waals surface area contributed by atoms with Gasteiger partial charge in [0.1, 0.15) is 0 Å². The van der Waals surface area contributed by atoms with Crippen LogP contribution in [0.5, 0.6) is 0 Å². The third-order valence-electron chi connectivity index (χ3n) is 2.00. The summed E-state index contributed by atoms with van der Waals surface area (Å²) in [5.74, 6) is 0. The standard InChI is InChI=1S/C13H9NS/c14-10-12-4-1-3-11(9-12)6-7-13-5-2-8-15-13/h1-9H. The molecule has 0 radical (unpaired) electrons. The Bertz CT molecular complexity index is 504. The molecule has 2 aromatic rings. The van der Waals surface area contributed by atoms with Crippen molar-refractivity contribution in [2.24, 2.45) is 0 Å². The summed E-state index contributed by atoms with van der Waals surface area (Å²) < 4.78 is 0. The van der Waals surface area contributed by atoms with Gasteiger partial charge in [-0.05, 0) is 35.2 Å². The summed E-state index contributed by atoms with van der Waals surface area (Å²) in [5, 5.41) is 10.8. The maximum Gasteiger partial charge on any atom is 0.0991 e. The van der Waals surface area contributed by atoms with Crippen LogP contribution in [0.4, 0.5) is 0 Å². The van der Waals surface area contributed by atoms with E-state index >= 15 is 0 Å². The van der Waals surface area contributed by atoms with Crippen molar-refractivity contribution in [3.05, 3.63) is 57.8 Å². The molecule has 0 unspecified atom stereocenters. The third kappa shape index (κ3) is 2.55. The van der Waals surface area contributed by atoms with Gasteiger partial charge in [-0.1, -0.05) is 24.3 Å². The van der Waals surface area contributed by atoms with Crippen molar-refractivity contribution < 1.29 is 0 Å². The molecule has 1 heterocycles. The molecule has 0 amide bonds. The Morgan fingerprint density at radius 2 is 2.07 bits per heavy atom. The van der Waals surface area contributed by atoms with Gasteiger partial charge in [-0.2, -0.15) is 5.26 Å². The van der Waals surface area contributed by atoms with Crippen LogP contribution in [-0.4, -0.2) is 0 Å². The molecule has 0 spiro atoms. The lowest BCUT2D eigenvalue weighted by Gasteiger charge is -1.92. The van der Waals surface area contributed by atoms with Gasteiger partial charge in [-0.3, -0.25) is 0 Å². The van der Waals surface area contributed by atoms with Gasteiger partial charge in [0.25, 0.3) is 0 Å². The number of benzene rings is 1. The molecule has 72 valence electrons. The summed E-state index contributed by atoms with van der Waals surface area (Å²) in [6, 6.07) is 13.8. The lowest BCUT2D eigenvalue weighted by molar-refractivity contribution is 1.48. The van der Waals surface area contributed by atoms with Gasteiger partial charge in [-0.15, -0.1) is 11.3 Å². The smallest absolute Gasteiger partial charge is 0.0991 e. The topological polar surface area (TPSA) is 23.8 Å². The van der Waals surface area contributed by atoms with E-state index in [0.717, 1.165) is 5.56 Å². The second-order valence-corrected chi connectivity index (χ2v) is 4.07. The Kier molecular flexibility index (Phi) is 2.96. The molecule has 0 saturated carbocycles. The first-order valence-electron chi connectivity index (χ1n) is 4.60. The Balaban J connectivity index is 2.21. The quantitative estimate of drug-likeness (QED) is 0.741. The van der Waals surface area contributed by atoms with Crippen molar-refractivity contribution in [1.29, 1.82) is 5.26 Å². The van der Waals surface area contributed by atoms with Crippen molar-refractivity contribution in [3.63, 3.8) is 0 Å². The maximum absolute atomic E-state index is 8.74. The van der Waals surface area contributed by atoms with Gasteiger partial charge in [-0.25, -0.2) is 0 Å². The summed E-state index contributed by atoms with van der Waals surface area (Å²) in [5.41, 5.74) is 1.76.